The zero-order valence-corrected chi connectivity index (χ0v) is 14.3. The highest BCUT2D eigenvalue weighted by Gasteiger charge is 2.11. The van der Waals surface area contributed by atoms with Gasteiger partial charge in [0.2, 0.25) is 0 Å². The molecule has 0 radical (unpaired) electrons. The molecular formula is C13H9Br2NS2. The average Bonchev–Trinajstić information content (AvgIpc) is 3.00. The molecule has 3 aromatic rings. The maximum absolute atomic E-state index is 3.51. The normalized spacial score (nSPS) is 11.1. The van der Waals surface area contributed by atoms with E-state index in [1.807, 2.05) is 0 Å². The second-order valence-electron chi connectivity index (χ2n) is 3.92. The van der Waals surface area contributed by atoms with Crippen molar-refractivity contribution in [3.8, 4) is 21.1 Å². The van der Waals surface area contributed by atoms with Gasteiger partial charge in [-0.25, -0.2) is 0 Å². The van der Waals surface area contributed by atoms with Gasteiger partial charge in [-0.05, 0) is 56.1 Å². The zero-order chi connectivity index (χ0) is 12.7. The van der Waals surface area contributed by atoms with Crippen molar-refractivity contribution in [1.29, 1.82) is 0 Å². The Morgan fingerprint density at radius 3 is 1.67 bits per heavy atom. The lowest BCUT2D eigenvalue weighted by Gasteiger charge is -2.04. The summed E-state index contributed by atoms with van der Waals surface area (Å²) in [6.07, 6.45) is 0. The second-order valence-corrected chi connectivity index (χ2v) is 7.57. The van der Waals surface area contributed by atoms with Gasteiger partial charge < -0.3 is 4.57 Å². The smallest absolute Gasteiger partial charge is 0.0584 e. The van der Waals surface area contributed by atoms with Gasteiger partial charge >= 0.3 is 0 Å². The fourth-order valence-electron chi connectivity index (χ4n) is 1.90. The molecule has 0 spiro atoms. The molecule has 0 saturated heterocycles. The standard InChI is InChI=1S/C13H9Br2NS2/c1-16-10(12-4-8(14)6-17-12)2-3-11(16)13-5-9(15)7-18-13/h2-7H,1H3. The molecule has 0 atom stereocenters. The van der Waals surface area contributed by atoms with E-state index in [1.165, 1.54) is 21.1 Å². The Morgan fingerprint density at radius 1 is 0.889 bits per heavy atom. The zero-order valence-electron chi connectivity index (χ0n) is 9.48. The van der Waals surface area contributed by atoms with E-state index < -0.39 is 0 Å². The summed E-state index contributed by atoms with van der Waals surface area (Å²) in [5, 5.41) is 4.23. The lowest BCUT2D eigenvalue weighted by atomic mass is 10.3. The van der Waals surface area contributed by atoms with Crippen LogP contribution >= 0.6 is 54.5 Å². The first-order valence-electron chi connectivity index (χ1n) is 5.29. The van der Waals surface area contributed by atoms with Gasteiger partial charge in [-0.1, -0.05) is 0 Å². The van der Waals surface area contributed by atoms with E-state index in [4.69, 9.17) is 0 Å². The van der Waals surface area contributed by atoms with Gasteiger partial charge in [0, 0.05) is 26.8 Å². The minimum atomic E-state index is 1.14. The quantitative estimate of drug-likeness (QED) is 0.494. The van der Waals surface area contributed by atoms with Gasteiger partial charge in [0.25, 0.3) is 0 Å². The molecule has 0 aliphatic carbocycles. The van der Waals surface area contributed by atoms with Crippen LogP contribution in [0.2, 0.25) is 0 Å². The van der Waals surface area contributed by atoms with Crippen LogP contribution in [0.1, 0.15) is 0 Å². The van der Waals surface area contributed by atoms with Crippen molar-refractivity contribution in [3.63, 3.8) is 0 Å². The van der Waals surface area contributed by atoms with Crippen molar-refractivity contribution in [1.82, 2.24) is 4.57 Å². The Morgan fingerprint density at radius 2 is 1.33 bits per heavy atom. The number of hydrogen-bond donors (Lipinski definition) is 0. The Kier molecular flexibility index (Phi) is 3.49. The van der Waals surface area contributed by atoms with Gasteiger partial charge in [0.1, 0.15) is 0 Å². The maximum Gasteiger partial charge on any atom is 0.0584 e. The Bertz CT molecular complexity index is 636. The molecular weight excluding hydrogens is 394 g/mol. The van der Waals surface area contributed by atoms with Crippen LogP contribution < -0.4 is 0 Å². The van der Waals surface area contributed by atoms with Crippen LogP contribution in [0.15, 0.2) is 44.0 Å². The third kappa shape index (κ3) is 2.25. The van der Waals surface area contributed by atoms with Crippen molar-refractivity contribution >= 4 is 54.5 Å². The highest BCUT2D eigenvalue weighted by Crippen LogP contribution is 2.36. The first-order valence-corrected chi connectivity index (χ1v) is 8.64. The number of rotatable bonds is 2. The summed E-state index contributed by atoms with van der Waals surface area (Å²) in [4.78, 5) is 2.57. The Hall–Kier alpha value is -0.360. The summed E-state index contributed by atoms with van der Waals surface area (Å²) >= 11 is 10.5. The molecule has 3 rings (SSSR count). The fraction of sp³-hybridized carbons (Fsp3) is 0.0769. The molecule has 0 bridgehead atoms. The van der Waals surface area contributed by atoms with Crippen LogP contribution in [0.4, 0.5) is 0 Å². The van der Waals surface area contributed by atoms with Crippen LogP contribution in [0.25, 0.3) is 21.1 Å². The highest BCUT2D eigenvalue weighted by atomic mass is 79.9. The first kappa shape index (κ1) is 12.7. The minimum Gasteiger partial charge on any atom is -0.342 e. The minimum absolute atomic E-state index is 1.14. The fourth-order valence-corrected chi connectivity index (χ4v) is 4.88. The van der Waals surface area contributed by atoms with Crippen molar-refractivity contribution in [2.24, 2.45) is 7.05 Å². The molecule has 3 heterocycles. The van der Waals surface area contributed by atoms with Crippen LogP contribution in [0, 0.1) is 0 Å². The molecule has 0 saturated carbocycles. The van der Waals surface area contributed by atoms with E-state index in [1.54, 1.807) is 22.7 Å². The number of halogens is 2. The second kappa shape index (κ2) is 4.96. The van der Waals surface area contributed by atoms with Gasteiger partial charge in [-0.2, -0.15) is 0 Å². The summed E-state index contributed by atoms with van der Waals surface area (Å²) in [6.45, 7) is 0. The van der Waals surface area contributed by atoms with E-state index in [2.05, 4.69) is 78.5 Å². The monoisotopic (exact) mass is 401 g/mol. The van der Waals surface area contributed by atoms with Crippen LogP contribution in [-0.2, 0) is 7.05 Å². The third-order valence-electron chi connectivity index (χ3n) is 2.76. The molecule has 0 fully saturated rings. The molecule has 0 aromatic carbocycles. The molecule has 0 amide bonds. The summed E-state index contributed by atoms with van der Waals surface area (Å²) in [5.41, 5.74) is 2.51. The summed E-state index contributed by atoms with van der Waals surface area (Å²) in [7, 11) is 2.12. The van der Waals surface area contributed by atoms with E-state index in [0.29, 0.717) is 0 Å². The van der Waals surface area contributed by atoms with E-state index in [0.717, 1.165) is 8.95 Å². The largest absolute Gasteiger partial charge is 0.342 e. The van der Waals surface area contributed by atoms with Gasteiger partial charge in [0.05, 0.1) is 21.1 Å². The van der Waals surface area contributed by atoms with E-state index in [-0.39, 0.29) is 0 Å². The Balaban J connectivity index is 2.08. The molecule has 0 aliphatic rings. The number of hydrogen-bond acceptors (Lipinski definition) is 2. The van der Waals surface area contributed by atoms with Gasteiger partial charge in [-0.15, -0.1) is 22.7 Å². The predicted octanol–water partition coefficient (Wildman–Crippen LogP) is 6.01. The Labute approximate surface area is 130 Å². The van der Waals surface area contributed by atoms with Crippen molar-refractivity contribution in [3.05, 3.63) is 44.0 Å². The molecule has 18 heavy (non-hydrogen) atoms. The van der Waals surface area contributed by atoms with Gasteiger partial charge in [0.15, 0.2) is 0 Å². The number of nitrogens with zero attached hydrogens (tertiary/aromatic N) is 1. The summed E-state index contributed by atoms with van der Waals surface area (Å²) < 4.78 is 4.53. The lowest BCUT2D eigenvalue weighted by Crippen LogP contribution is -1.91. The molecule has 1 nitrogen and oxygen atoms in total. The van der Waals surface area contributed by atoms with Crippen LogP contribution in [-0.4, -0.2) is 4.57 Å². The molecule has 5 heteroatoms. The van der Waals surface area contributed by atoms with E-state index in [9.17, 15) is 0 Å². The molecule has 0 N–H and O–H groups in total. The topological polar surface area (TPSA) is 4.93 Å². The highest BCUT2D eigenvalue weighted by molar-refractivity contribution is 9.10. The lowest BCUT2D eigenvalue weighted by molar-refractivity contribution is 0.951. The predicted molar refractivity (Wildman–Crippen MR) is 87.4 cm³/mol. The van der Waals surface area contributed by atoms with Crippen LogP contribution in [0.3, 0.4) is 0 Å². The van der Waals surface area contributed by atoms with Crippen molar-refractivity contribution in [2.75, 3.05) is 0 Å². The molecule has 0 aliphatic heterocycles. The SMILES string of the molecule is Cn1c(-c2cc(Br)cs2)ccc1-c1cc(Br)cs1. The summed E-state index contributed by atoms with van der Waals surface area (Å²) in [6, 6.07) is 8.69. The van der Waals surface area contributed by atoms with Crippen LogP contribution in [0.5, 0.6) is 0 Å². The first-order chi connectivity index (χ1) is 8.65. The number of aromatic nitrogens is 1. The van der Waals surface area contributed by atoms with Crippen molar-refractivity contribution < 1.29 is 0 Å². The molecule has 0 unspecified atom stereocenters. The van der Waals surface area contributed by atoms with Crippen molar-refractivity contribution in [2.45, 2.75) is 0 Å². The van der Waals surface area contributed by atoms with E-state index >= 15 is 0 Å². The third-order valence-corrected chi connectivity index (χ3v) is 6.19. The molecule has 92 valence electrons. The summed E-state index contributed by atoms with van der Waals surface area (Å²) in [5.74, 6) is 0. The molecule has 3 aromatic heterocycles. The maximum atomic E-state index is 3.51. The van der Waals surface area contributed by atoms with Gasteiger partial charge in [-0.3, -0.25) is 0 Å². The average molecular weight is 403 g/mol. The number of thiophene rings is 2.